The van der Waals surface area contributed by atoms with Crippen LogP contribution in [0.5, 0.6) is 11.6 Å². The number of benzene rings is 1. The molecule has 0 radical (unpaired) electrons. The van der Waals surface area contributed by atoms with Crippen molar-refractivity contribution in [3.63, 3.8) is 0 Å². The van der Waals surface area contributed by atoms with Gasteiger partial charge in [-0.3, -0.25) is 5.41 Å². The van der Waals surface area contributed by atoms with E-state index < -0.39 is 0 Å². The Morgan fingerprint density at radius 2 is 2.00 bits per heavy atom. The first-order chi connectivity index (χ1) is 8.56. The average molecular weight is 282 g/mol. The quantitative estimate of drug-likeness (QED) is 0.668. The number of hydrogen-bond donors (Lipinski definition) is 2. The van der Waals surface area contributed by atoms with E-state index in [1.165, 1.54) is 0 Å². The van der Waals surface area contributed by atoms with Crippen molar-refractivity contribution < 1.29 is 4.74 Å². The molecule has 0 fully saturated rings. The molecule has 0 aliphatic heterocycles. The van der Waals surface area contributed by atoms with Gasteiger partial charge in [-0.25, -0.2) is 4.98 Å². The van der Waals surface area contributed by atoms with Crippen LogP contribution >= 0.6 is 23.2 Å². The van der Waals surface area contributed by atoms with E-state index in [1.54, 1.807) is 36.4 Å². The van der Waals surface area contributed by atoms with Gasteiger partial charge in [0.05, 0.1) is 5.02 Å². The van der Waals surface area contributed by atoms with Crippen molar-refractivity contribution in [3.05, 3.63) is 52.1 Å². The largest absolute Gasteiger partial charge is 0.437 e. The Labute approximate surface area is 114 Å². The summed E-state index contributed by atoms with van der Waals surface area (Å²) in [7, 11) is 0. The molecule has 92 valence electrons. The molecule has 1 aromatic heterocycles. The number of ether oxygens (including phenoxy) is 1. The second-order valence-electron chi connectivity index (χ2n) is 3.45. The second-order valence-corrected chi connectivity index (χ2v) is 4.30. The van der Waals surface area contributed by atoms with Crippen molar-refractivity contribution in [1.29, 1.82) is 5.41 Å². The number of hydrogen-bond acceptors (Lipinski definition) is 3. The van der Waals surface area contributed by atoms with E-state index in [-0.39, 0.29) is 5.84 Å². The predicted octanol–water partition coefficient (Wildman–Crippen LogP) is 3.46. The Morgan fingerprint density at radius 1 is 1.22 bits per heavy atom. The number of nitrogens with two attached hydrogens (primary N) is 1. The second kappa shape index (κ2) is 5.25. The molecule has 3 N–H and O–H groups in total. The Balaban J connectivity index is 2.31. The minimum Gasteiger partial charge on any atom is -0.437 e. The van der Waals surface area contributed by atoms with Crippen LogP contribution in [0, 0.1) is 5.41 Å². The highest BCUT2D eigenvalue weighted by Gasteiger charge is 2.06. The van der Waals surface area contributed by atoms with Gasteiger partial charge in [0.15, 0.2) is 0 Å². The van der Waals surface area contributed by atoms with E-state index >= 15 is 0 Å². The highest BCUT2D eigenvalue weighted by atomic mass is 35.5. The zero-order valence-corrected chi connectivity index (χ0v) is 10.7. The van der Waals surface area contributed by atoms with Crippen LogP contribution in [0.2, 0.25) is 10.0 Å². The van der Waals surface area contributed by atoms with E-state index in [4.69, 9.17) is 39.1 Å². The van der Waals surface area contributed by atoms with Gasteiger partial charge in [-0.05, 0) is 18.2 Å². The fraction of sp³-hybridized carbons (Fsp3) is 0. The molecule has 0 aliphatic rings. The first-order valence-electron chi connectivity index (χ1n) is 5.00. The van der Waals surface area contributed by atoms with Gasteiger partial charge in [0.1, 0.15) is 17.3 Å². The first kappa shape index (κ1) is 12.7. The van der Waals surface area contributed by atoms with Crippen molar-refractivity contribution >= 4 is 29.0 Å². The van der Waals surface area contributed by atoms with Crippen molar-refractivity contribution in [2.45, 2.75) is 0 Å². The standard InChI is InChI=1S/C12H9Cl2N3O/c13-7-4-5-8(14)10(6-7)18-11-3-1-2-9(17-11)12(15)16/h1-6H,(H3,15,16). The van der Waals surface area contributed by atoms with Crippen molar-refractivity contribution in [2.75, 3.05) is 0 Å². The summed E-state index contributed by atoms with van der Waals surface area (Å²) in [4.78, 5) is 4.06. The Kier molecular flexibility index (Phi) is 3.69. The lowest BCUT2D eigenvalue weighted by molar-refractivity contribution is 0.463. The molecule has 0 bridgehead atoms. The third-order valence-corrected chi connectivity index (χ3v) is 2.65. The Bertz CT molecular complexity index is 602. The van der Waals surface area contributed by atoms with Crippen LogP contribution in [0.1, 0.15) is 5.69 Å². The van der Waals surface area contributed by atoms with E-state index in [2.05, 4.69) is 4.98 Å². The predicted molar refractivity (Wildman–Crippen MR) is 71.8 cm³/mol. The smallest absolute Gasteiger partial charge is 0.219 e. The molecule has 2 rings (SSSR count). The van der Waals surface area contributed by atoms with E-state index in [1.807, 2.05) is 0 Å². The molecule has 0 saturated carbocycles. The Morgan fingerprint density at radius 3 is 2.72 bits per heavy atom. The summed E-state index contributed by atoms with van der Waals surface area (Å²) < 4.78 is 5.50. The van der Waals surface area contributed by atoms with Crippen LogP contribution in [0.15, 0.2) is 36.4 Å². The van der Waals surface area contributed by atoms with Crippen LogP contribution in [0.3, 0.4) is 0 Å². The molecule has 0 aliphatic carbocycles. The lowest BCUT2D eigenvalue weighted by Gasteiger charge is -2.07. The fourth-order valence-electron chi connectivity index (χ4n) is 1.29. The number of nitrogen functional groups attached to an aromatic ring is 1. The fourth-order valence-corrected chi connectivity index (χ4v) is 1.61. The molecule has 0 atom stereocenters. The van der Waals surface area contributed by atoms with Crippen molar-refractivity contribution in [3.8, 4) is 11.6 Å². The minimum atomic E-state index is -0.127. The molecule has 0 unspecified atom stereocenters. The summed E-state index contributed by atoms with van der Waals surface area (Å²) in [6.45, 7) is 0. The van der Waals surface area contributed by atoms with E-state index in [9.17, 15) is 0 Å². The van der Waals surface area contributed by atoms with Crippen LogP contribution in [0.4, 0.5) is 0 Å². The number of pyridine rings is 1. The summed E-state index contributed by atoms with van der Waals surface area (Å²) >= 11 is 11.8. The lowest BCUT2D eigenvalue weighted by atomic mass is 10.3. The SMILES string of the molecule is N=C(N)c1cccc(Oc2cc(Cl)ccc2Cl)n1. The van der Waals surface area contributed by atoms with Gasteiger partial charge in [-0.15, -0.1) is 0 Å². The number of nitrogens with one attached hydrogen (secondary N) is 1. The zero-order valence-electron chi connectivity index (χ0n) is 9.15. The Hall–Kier alpha value is -1.78. The average Bonchev–Trinajstić information content (AvgIpc) is 2.34. The monoisotopic (exact) mass is 281 g/mol. The molecule has 4 nitrogen and oxygen atoms in total. The van der Waals surface area contributed by atoms with Crippen LogP contribution in [0.25, 0.3) is 0 Å². The zero-order chi connectivity index (χ0) is 13.1. The molecule has 0 spiro atoms. The third-order valence-electron chi connectivity index (χ3n) is 2.11. The molecular formula is C12H9Cl2N3O. The molecule has 0 amide bonds. The van der Waals surface area contributed by atoms with Gasteiger partial charge < -0.3 is 10.5 Å². The maximum atomic E-state index is 7.30. The molecule has 1 heterocycles. The maximum Gasteiger partial charge on any atom is 0.219 e. The van der Waals surface area contributed by atoms with Crippen LogP contribution < -0.4 is 10.5 Å². The highest BCUT2D eigenvalue weighted by molar-refractivity contribution is 6.34. The summed E-state index contributed by atoms with van der Waals surface area (Å²) in [6.07, 6.45) is 0. The number of rotatable bonds is 3. The summed E-state index contributed by atoms with van der Waals surface area (Å²) in [5.41, 5.74) is 5.69. The van der Waals surface area contributed by atoms with Gasteiger partial charge in [0.25, 0.3) is 0 Å². The number of aromatic nitrogens is 1. The highest BCUT2D eigenvalue weighted by Crippen LogP contribution is 2.31. The van der Waals surface area contributed by atoms with Gasteiger partial charge in [0, 0.05) is 17.2 Å². The maximum absolute atomic E-state index is 7.30. The van der Waals surface area contributed by atoms with Gasteiger partial charge in [-0.2, -0.15) is 0 Å². The molecule has 6 heteroatoms. The van der Waals surface area contributed by atoms with Gasteiger partial charge in [0.2, 0.25) is 5.88 Å². The normalized spacial score (nSPS) is 10.1. The molecular weight excluding hydrogens is 273 g/mol. The number of nitrogens with zero attached hydrogens (tertiary/aromatic N) is 1. The van der Waals surface area contributed by atoms with E-state index in [0.717, 1.165) is 0 Å². The van der Waals surface area contributed by atoms with Gasteiger partial charge in [-0.1, -0.05) is 29.3 Å². The number of halogens is 2. The summed E-state index contributed by atoms with van der Waals surface area (Å²) in [6, 6.07) is 9.84. The molecule has 0 saturated heterocycles. The van der Waals surface area contributed by atoms with Gasteiger partial charge >= 0.3 is 0 Å². The van der Waals surface area contributed by atoms with Crippen molar-refractivity contribution in [1.82, 2.24) is 4.98 Å². The topological polar surface area (TPSA) is 72.0 Å². The summed E-state index contributed by atoms with van der Waals surface area (Å²) in [5.74, 6) is 0.571. The lowest BCUT2D eigenvalue weighted by Crippen LogP contribution is -2.13. The molecule has 2 aromatic rings. The van der Waals surface area contributed by atoms with Crippen LogP contribution in [-0.4, -0.2) is 10.8 Å². The third kappa shape index (κ3) is 2.91. The number of amidine groups is 1. The first-order valence-corrected chi connectivity index (χ1v) is 5.76. The molecule has 1 aromatic carbocycles. The van der Waals surface area contributed by atoms with Crippen LogP contribution in [-0.2, 0) is 0 Å². The molecule has 18 heavy (non-hydrogen) atoms. The summed E-state index contributed by atoms with van der Waals surface area (Å²) in [5, 5.41) is 8.24. The van der Waals surface area contributed by atoms with E-state index in [0.29, 0.717) is 27.4 Å². The minimum absolute atomic E-state index is 0.127. The van der Waals surface area contributed by atoms with Crippen molar-refractivity contribution in [2.24, 2.45) is 5.73 Å².